The Balaban J connectivity index is 2.00. The Morgan fingerprint density at radius 3 is 2.20 bits per heavy atom. The van der Waals surface area contributed by atoms with Crippen molar-refractivity contribution in [2.24, 2.45) is 4.99 Å². The van der Waals surface area contributed by atoms with Crippen LogP contribution in [0, 0.1) is 0 Å². The summed E-state index contributed by atoms with van der Waals surface area (Å²) in [4.78, 5) is 4.66. The van der Waals surface area contributed by atoms with Gasteiger partial charge >= 0.3 is 0 Å². The lowest BCUT2D eigenvalue weighted by Crippen LogP contribution is -2.03. The van der Waals surface area contributed by atoms with Crippen LogP contribution in [0.2, 0.25) is 0 Å². The van der Waals surface area contributed by atoms with Crippen LogP contribution < -0.4 is 5.36 Å². The summed E-state index contributed by atoms with van der Waals surface area (Å²) in [5.41, 5.74) is 2.28. The van der Waals surface area contributed by atoms with E-state index in [1.807, 2.05) is 36.4 Å². The van der Waals surface area contributed by atoms with E-state index in [1.54, 1.807) is 42.5 Å². The number of hydrogen-bond acceptors (Lipinski definition) is 4. The Bertz CT molecular complexity index is 1100. The van der Waals surface area contributed by atoms with Crippen LogP contribution in [0.1, 0.15) is 0 Å². The predicted molar refractivity (Wildman–Crippen MR) is 96.6 cm³/mol. The van der Waals surface area contributed by atoms with E-state index in [1.165, 1.54) is 0 Å². The zero-order chi connectivity index (χ0) is 17.2. The molecule has 3 aromatic carbocycles. The highest BCUT2D eigenvalue weighted by atomic mass is 16.3. The number of benzene rings is 3. The van der Waals surface area contributed by atoms with Crippen LogP contribution in [-0.4, -0.2) is 10.2 Å². The molecule has 0 saturated heterocycles. The molecule has 0 atom stereocenters. The molecular formula is C21H15NO3. The van der Waals surface area contributed by atoms with E-state index in [0.29, 0.717) is 27.8 Å². The summed E-state index contributed by atoms with van der Waals surface area (Å²) < 4.78 is 5.99. The van der Waals surface area contributed by atoms with E-state index < -0.39 is 0 Å². The molecule has 2 N–H and O–H groups in total. The summed E-state index contributed by atoms with van der Waals surface area (Å²) in [6, 6.07) is 23.2. The molecule has 0 aliphatic rings. The van der Waals surface area contributed by atoms with Crippen molar-refractivity contribution >= 4 is 16.7 Å². The fourth-order valence-corrected chi connectivity index (χ4v) is 2.66. The maximum absolute atomic E-state index is 9.83. The SMILES string of the molecule is Oc1ccc(N=c2cc(-c3ccccc3)oc3ccc(O)cc23)cc1. The fraction of sp³-hybridized carbons (Fsp3) is 0. The lowest BCUT2D eigenvalue weighted by molar-refractivity contribution is 0.475. The normalized spacial score (nSPS) is 11.8. The van der Waals surface area contributed by atoms with Crippen molar-refractivity contribution in [2.75, 3.05) is 0 Å². The standard InChI is InChI=1S/C21H15NO3/c23-16-8-6-15(7-9-16)22-19-13-21(14-4-2-1-3-5-14)25-20-11-10-17(24)12-18(19)20/h1-13,23-24H. The summed E-state index contributed by atoms with van der Waals surface area (Å²) >= 11 is 0. The maximum atomic E-state index is 9.83. The van der Waals surface area contributed by atoms with Gasteiger partial charge in [0.2, 0.25) is 0 Å². The molecule has 4 heteroatoms. The highest BCUT2D eigenvalue weighted by Crippen LogP contribution is 2.25. The lowest BCUT2D eigenvalue weighted by atomic mass is 10.1. The van der Waals surface area contributed by atoms with Gasteiger partial charge in [-0.3, -0.25) is 0 Å². The molecule has 0 amide bonds. The van der Waals surface area contributed by atoms with Gasteiger partial charge in [-0.05, 0) is 42.5 Å². The van der Waals surface area contributed by atoms with Gasteiger partial charge in [-0.1, -0.05) is 30.3 Å². The van der Waals surface area contributed by atoms with Gasteiger partial charge in [0.25, 0.3) is 0 Å². The van der Waals surface area contributed by atoms with Gasteiger partial charge in [-0.2, -0.15) is 0 Å². The Hall–Kier alpha value is -3.53. The molecule has 0 fully saturated rings. The highest BCUT2D eigenvalue weighted by molar-refractivity contribution is 5.80. The monoisotopic (exact) mass is 329 g/mol. The molecule has 0 unspecified atom stereocenters. The van der Waals surface area contributed by atoms with Gasteiger partial charge in [0, 0.05) is 17.0 Å². The number of aromatic hydroxyl groups is 2. The minimum absolute atomic E-state index is 0.150. The van der Waals surface area contributed by atoms with E-state index in [0.717, 1.165) is 5.56 Å². The zero-order valence-electron chi connectivity index (χ0n) is 13.3. The van der Waals surface area contributed by atoms with Crippen LogP contribution in [0.4, 0.5) is 5.69 Å². The molecule has 0 bridgehead atoms. The van der Waals surface area contributed by atoms with Crippen LogP contribution in [0.3, 0.4) is 0 Å². The van der Waals surface area contributed by atoms with E-state index in [9.17, 15) is 10.2 Å². The van der Waals surface area contributed by atoms with Gasteiger partial charge in [-0.25, -0.2) is 4.99 Å². The first-order chi connectivity index (χ1) is 12.2. The number of phenolic OH excluding ortho intramolecular Hbond substituents is 2. The number of hydrogen-bond donors (Lipinski definition) is 2. The molecule has 0 aliphatic carbocycles. The minimum atomic E-state index is 0.150. The van der Waals surface area contributed by atoms with E-state index in [-0.39, 0.29) is 11.5 Å². The molecule has 4 nitrogen and oxygen atoms in total. The second-order valence-electron chi connectivity index (χ2n) is 5.67. The summed E-state index contributed by atoms with van der Waals surface area (Å²) in [7, 11) is 0. The third-order valence-corrected chi connectivity index (χ3v) is 3.88. The molecule has 0 radical (unpaired) electrons. The number of rotatable bonds is 2. The van der Waals surface area contributed by atoms with Crippen molar-refractivity contribution in [3.05, 3.63) is 84.2 Å². The average molecular weight is 329 g/mol. The first-order valence-corrected chi connectivity index (χ1v) is 7.85. The van der Waals surface area contributed by atoms with E-state index in [2.05, 4.69) is 4.99 Å². The third-order valence-electron chi connectivity index (χ3n) is 3.88. The van der Waals surface area contributed by atoms with Crippen molar-refractivity contribution < 1.29 is 14.6 Å². The first-order valence-electron chi connectivity index (χ1n) is 7.85. The second kappa shape index (κ2) is 6.17. The largest absolute Gasteiger partial charge is 0.508 e. The summed E-state index contributed by atoms with van der Waals surface area (Å²) in [5, 5.41) is 20.7. The Morgan fingerprint density at radius 2 is 1.44 bits per heavy atom. The smallest absolute Gasteiger partial charge is 0.137 e. The summed E-state index contributed by atoms with van der Waals surface area (Å²) in [5.74, 6) is 1.03. The van der Waals surface area contributed by atoms with E-state index >= 15 is 0 Å². The molecule has 122 valence electrons. The van der Waals surface area contributed by atoms with Crippen molar-refractivity contribution in [2.45, 2.75) is 0 Å². The van der Waals surface area contributed by atoms with Crippen molar-refractivity contribution in [1.29, 1.82) is 0 Å². The average Bonchev–Trinajstić information content (AvgIpc) is 2.64. The predicted octanol–water partition coefficient (Wildman–Crippen LogP) is 4.74. The quantitative estimate of drug-likeness (QED) is 0.558. The zero-order valence-corrected chi connectivity index (χ0v) is 13.3. The Kier molecular flexibility index (Phi) is 3.71. The topological polar surface area (TPSA) is 66.0 Å². The molecule has 25 heavy (non-hydrogen) atoms. The van der Waals surface area contributed by atoms with Crippen LogP contribution in [-0.2, 0) is 0 Å². The van der Waals surface area contributed by atoms with Crippen LogP contribution in [0.5, 0.6) is 11.5 Å². The van der Waals surface area contributed by atoms with Crippen molar-refractivity contribution in [3.63, 3.8) is 0 Å². The Labute approximate surface area is 144 Å². The lowest BCUT2D eigenvalue weighted by Gasteiger charge is -2.05. The number of nitrogens with zero attached hydrogens (tertiary/aromatic N) is 1. The molecule has 1 heterocycles. The molecule has 0 saturated carbocycles. The van der Waals surface area contributed by atoms with E-state index in [4.69, 9.17) is 4.42 Å². The molecule has 4 rings (SSSR count). The van der Waals surface area contributed by atoms with Gasteiger partial charge in [-0.15, -0.1) is 0 Å². The molecule has 4 aromatic rings. The van der Waals surface area contributed by atoms with Gasteiger partial charge < -0.3 is 14.6 Å². The number of fused-ring (bicyclic) bond motifs is 1. The molecular weight excluding hydrogens is 314 g/mol. The van der Waals surface area contributed by atoms with Gasteiger partial charge in [0.05, 0.1) is 11.0 Å². The van der Waals surface area contributed by atoms with Crippen LogP contribution in [0.25, 0.3) is 22.3 Å². The van der Waals surface area contributed by atoms with Crippen molar-refractivity contribution in [3.8, 4) is 22.8 Å². The summed E-state index contributed by atoms with van der Waals surface area (Å²) in [6.07, 6.45) is 0. The number of phenols is 2. The second-order valence-corrected chi connectivity index (χ2v) is 5.67. The molecule has 1 aromatic heterocycles. The first kappa shape index (κ1) is 15.0. The molecule has 0 spiro atoms. The third kappa shape index (κ3) is 3.10. The van der Waals surface area contributed by atoms with Gasteiger partial charge in [0.1, 0.15) is 22.8 Å². The highest BCUT2D eigenvalue weighted by Gasteiger charge is 2.07. The fourth-order valence-electron chi connectivity index (χ4n) is 2.66. The minimum Gasteiger partial charge on any atom is -0.508 e. The van der Waals surface area contributed by atoms with Crippen LogP contribution >= 0.6 is 0 Å². The van der Waals surface area contributed by atoms with Crippen LogP contribution in [0.15, 0.2) is 88.3 Å². The van der Waals surface area contributed by atoms with Crippen molar-refractivity contribution in [1.82, 2.24) is 0 Å². The van der Waals surface area contributed by atoms with Gasteiger partial charge in [0.15, 0.2) is 0 Å². The molecule has 0 aliphatic heterocycles. The summed E-state index contributed by atoms with van der Waals surface area (Å²) in [6.45, 7) is 0. The maximum Gasteiger partial charge on any atom is 0.137 e. The Morgan fingerprint density at radius 1 is 0.720 bits per heavy atom.